The van der Waals surface area contributed by atoms with E-state index in [1.54, 1.807) is 48.5 Å². The van der Waals surface area contributed by atoms with Crippen LogP contribution in [0, 0.1) is 13.8 Å². The maximum absolute atomic E-state index is 12.7. The Hall–Kier alpha value is -3.12. The number of carbonyl (C=O) groups excluding carboxylic acids is 1. The van der Waals surface area contributed by atoms with Gasteiger partial charge in [0.15, 0.2) is 0 Å². The van der Waals surface area contributed by atoms with E-state index in [0.717, 1.165) is 16.7 Å². The lowest BCUT2D eigenvalue weighted by atomic mass is 10.00. The molecule has 0 spiro atoms. The second kappa shape index (κ2) is 9.35. The summed E-state index contributed by atoms with van der Waals surface area (Å²) in [5, 5.41) is 3.04. The van der Waals surface area contributed by atoms with Crippen molar-refractivity contribution in [1.29, 1.82) is 0 Å². The number of rotatable bonds is 7. The van der Waals surface area contributed by atoms with Crippen LogP contribution in [0.1, 0.15) is 45.6 Å². The first-order valence-electron chi connectivity index (χ1n) is 10.1. The standard InChI is InChI=1S/C25H28N2O3S/c1-18-10-15-24(19(2)16-18)20(3)26-25(28)22-13-11-21(12-14-22)17-27(31(4,29)30)23-8-6-5-7-9-23/h5-16,20H,17H2,1-4H3,(H,26,28)/t20-/m1/s1. The van der Waals surface area contributed by atoms with Crippen molar-refractivity contribution in [3.63, 3.8) is 0 Å². The molecule has 1 atom stereocenters. The molecule has 0 fully saturated rings. The summed E-state index contributed by atoms with van der Waals surface area (Å²) in [5.74, 6) is -0.165. The van der Waals surface area contributed by atoms with E-state index in [2.05, 4.69) is 11.4 Å². The van der Waals surface area contributed by atoms with Gasteiger partial charge in [0.1, 0.15) is 0 Å². The normalized spacial score (nSPS) is 12.3. The Balaban J connectivity index is 1.72. The molecule has 3 aromatic carbocycles. The van der Waals surface area contributed by atoms with Gasteiger partial charge in [0, 0.05) is 5.56 Å². The Kier molecular flexibility index (Phi) is 6.81. The largest absolute Gasteiger partial charge is 0.346 e. The highest BCUT2D eigenvalue weighted by molar-refractivity contribution is 7.92. The maximum atomic E-state index is 12.7. The summed E-state index contributed by atoms with van der Waals surface area (Å²) in [4.78, 5) is 12.7. The lowest BCUT2D eigenvalue weighted by Crippen LogP contribution is -2.29. The van der Waals surface area contributed by atoms with Gasteiger partial charge in [-0.15, -0.1) is 0 Å². The minimum Gasteiger partial charge on any atom is -0.346 e. The number of anilines is 1. The summed E-state index contributed by atoms with van der Waals surface area (Å²) in [5.41, 5.74) is 5.36. The summed E-state index contributed by atoms with van der Waals surface area (Å²) in [7, 11) is -3.44. The third kappa shape index (κ3) is 5.73. The summed E-state index contributed by atoms with van der Waals surface area (Å²) < 4.78 is 25.9. The minimum atomic E-state index is -3.44. The highest BCUT2D eigenvalue weighted by Crippen LogP contribution is 2.21. The van der Waals surface area contributed by atoms with Crippen LogP contribution in [0.3, 0.4) is 0 Å². The van der Waals surface area contributed by atoms with E-state index in [-0.39, 0.29) is 18.5 Å². The van der Waals surface area contributed by atoms with Crippen molar-refractivity contribution < 1.29 is 13.2 Å². The number of para-hydroxylation sites is 1. The van der Waals surface area contributed by atoms with Crippen LogP contribution < -0.4 is 9.62 Å². The summed E-state index contributed by atoms with van der Waals surface area (Å²) in [6.45, 7) is 6.25. The summed E-state index contributed by atoms with van der Waals surface area (Å²) >= 11 is 0. The van der Waals surface area contributed by atoms with Gasteiger partial charge in [-0.05, 0) is 61.7 Å². The third-order valence-corrected chi connectivity index (χ3v) is 6.37. The molecule has 0 aliphatic carbocycles. The van der Waals surface area contributed by atoms with Crippen LogP contribution >= 0.6 is 0 Å². The van der Waals surface area contributed by atoms with Gasteiger partial charge in [-0.1, -0.05) is 54.1 Å². The summed E-state index contributed by atoms with van der Waals surface area (Å²) in [6, 6.07) is 22.1. The molecule has 1 amide bonds. The van der Waals surface area contributed by atoms with E-state index in [0.29, 0.717) is 11.3 Å². The van der Waals surface area contributed by atoms with E-state index < -0.39 is 10.0 Å². The van der Waals surface area contributed by atoms with E-state index in [1.807, 2.05) is 39.0 Å². The van der Waals surface area contributed by atoms with Crippen LogP contribution in [0.15, 0.2) is 72.8 Å². The lowest BCUT2D eigenvalue weighted by Gasteiger charge is -2.22. The van der Waals surface area contributed by atoms with Gasteiger partial charge in [0.25, 0.3) is 5.91 Å². The van der Waals surface area contributed by atoms with Crippen molar-refractivity contribution in [2.24, 2.45) is 0 Å². The van der Waals surface area contributed by atoms with Gasteiger partial charge in [-0.2, -0.15) is 0 Å². The van der Waals surface area contributed by atoms with Crippen LogP contribution in [0.4, 0.5) is 5.69 Å². The van der Waals surface area contributed by atoms with Crippen LogP contribution in [-0.2, 0) is 16.6 Å². The van der Waals surface area contributed by atoms with Crippen molar-refractivity contribution in [2.45, 2.75) is 33.4 Å². The molecule has 0 aliphatic heterocycles. The molecule has 0 heterocycles. The van der Waals surface area contributed by atoms with Crippen LogP contribution in [-0.4, -0.2) is 20.6 Å². The number of hydrogen-bond donors (Lipinski definition) is 1. The molecule has 0 unspecified atom stereocenters. The van der Waals surface area contributed by atoms with Crippen LogP contribution in [0.5, 0.6) is 0 Å². The maximum Gasteiger partial charge on any atom is 0.251 e. The fraction of sp³-hybridized carbons (Fsp3) is 0.240. The van der Waals surface area contributed by atoms with Crippen molar-refractivity contribution in [3.05, 3.63) is 101 Å². The van der Waals surface area contributed by atoms with E-state index in [1.165, 1.54) is 16.1 Å². The predicted molar refractivity (Wildman–Crippen MR) is 126 cm³/mol. The molecule has 0 aliphatic rings. The highest BCUT2D eigenvalue weighted by Gasteiger charge is 2.18. The van der Waals surface area contributed by atoms with Gasteiger partial charge < -0.3 is 5.32 Å². The van der Waals surface area contributed by atoms with Gasteiger partial charge in [-0.25, -0.2) is 8.42 Å². The molecule has 0 bridgehead atoms. The first-order valence-corrected chi connectivity index (χ1v) is 12.0. The van der Waals surface area contributed by atoms with Crippen molar-refractivity contribution >= 4 is 21.6 Å². The summed E-state index contributed by atoms with van der Waals surface area (Å²) in [6.07, 6.45) is 1.19. The van der Waals surface area contributed by atoms with Gasteiger partial charge in [-0.3, -0.25) is 9.10 Å². The molecular formula is C25H28N2O3S. The average Bonchev–Trinajstić information content (AvgIpc) is 2.72. The van der Waals surface area contributed by atoms with E-state index >= 15 is 0 Å². The van der Waals surface area contributed by atoms with Gasteiger partial charge >= 0.3 is 0 Å². The molecule has 0 saturated carbocycles. The number of carbonyl (C=O) groups is 1. The lowest BCUT2D eigenvalue weighted by molar-refractivity contribution is 0.0940. The first kappa shape index (κ1) is 22.6. The van der Waals surface area contributed by atoms with Crippen molar-refractivity contribution in [3.8, 4) is 0 Å². The molecular weight excluding hydrogens is 408 g/mol. The zero-order chi connectivity index (χ0) is 22.6. The minimum absolute atomic E-state index is 0.119. The Bertz CT molecular complexity index is 1160. The molecule has 0 radical (unpaired) electrons. The Morgan fingerprint density at radius 3 is 2.19 bits per heavy atom. The molecule has 3 rings (SSSR count). The number of benzene rings is 3. The van der Waals surface area contributed by atoms with Crippen molar-refractivity contribution in [2.75, 3.05) is 10.6 Å². The topological polar surface area (TPSA) is 66.5 Å². The zero-order valence-corrected chi connectivity index (χ0v) is 19.1. The zero-order valence-electron chi connectivity index (χ0n) is 18.3. The Labute approximate surface area is 184 Å². The third-order valence-electron chi connectivity index (χ3n) is 5.23. The predicted octanol–water partition coefficient (Wildman–Crippen LogP) is 4.76. The van der Waals surface area contributed by atoms with Gasteiger partial charge in [0.2, 0.25) is 10.0 Å². The number of nitrogens with one attached hydrogen (secondary N) is 1. The quantitative estimate of drug-likeness (QED) is 0.581. The fourth-order valence-corrected chi connectivity index (χ4v) is 4.48. The van der Waals surface area contributed by atoms with Crippen molar-refractivity contribution in [1.82, 2.24) is 5.32 Å². The molecule has 0 aromatic heterocycles. The van der Waals surface area contributed by atoms with Crippen LogP contribution in [0.25, 0.3) is 0 Å². The number of amides is 1. The molecule has 31 heavy (non-hydrogen) atoms. The molecule has 1 N–H and O–H groups in total. The Morgan fingerprint density at radius 1 is 0.968 bits per heavy atom. The smallest absolute Gasteiger partial charge is 0.251 e. The van der Waals surface area contributed by atoms with E-state index in [9.17, 15) is 13.2 Å². The second-order valence-electron chi connectivity index (χ2n) is 7.86. The molecule has 5 nitrogen and oxygen atoms in total. The Morgan fingerprint density at radius 2 is 1.61 bits per heavy atom. The monoisotopic (exact) mass is 436 g/mol. The molecule has 6 heteroatoms. The number of nitrogens with zero attached hydrogens (tertiary/aromatic N) is 1. The molecule has 0 saturated heterocycles. The highest BCUT2D eigenvalue weighted by atomic mass is 32.2. The number of hydrogen-bond acceptors (Lipinski definition) is 3. The molecule has 162 valence electrons. The average molecular weight is 437 g/mol. The van der Waals surface area contributed by atoms with Crippen LogP contribution in [0.2, 0.25) is 0 Å². The van der Waals surface area contributed by atoms with Gasteiger partial charge in [0.05, 0.1) is 24.5 Å². The van der Waals surface area contributed by atoms with E-state index in [4.69, 9.17) is 0 Å². The molecule has 3 aromatic rings. The second-order valence-corrected chi connectivity index (χ2v) is 9.76. The number of sulfonamides is 1. The fourth-order valence-electron chi connectivity index (χ4n) is 3.59. The SMILES string of the molecule is Cc1ccc([C@@H](C)NC(=O)c2ccc(CN(c3ccccc3)S(C)(=O)=O)cc2)c(C)c1. The number of aryl methyl sites for hydroxylation is 2. The first-order chi connectivity index (χ1) is 14.6.